The Morgan fingerprint density at radius 2 is 0.875 bits per heavy atom. The van der Waals surface area contributed by atoms with Gasteiger partial charge in [0, 0.05) is 0 Å². The third-order valence-corrected chi connectivity index (χ3v) is 3.42. The van der Waals surface area contributed by atoms with Gasteiger partial charge in [-0.05, 0) is 22.3 Å². The molecule has 0 bridgehead atoms. The molecule has 2 nitrogen and oxygen atoms in total. The molecule has 2 aromatic rings. The average molecular weight is 350 g/mol. The molecule has 0 heterocycles. The maximum atomic E-state index is 12.8. The van der Waals surface area contributed by atoms with Gasteiger partial charge < -0.3 is 10.2 Å². The molecule has 0 radical (unpaired) electrons. The van der Waals surface area contributed by atoms with E-state index >= 15 is 0 Å². The van der Waals surface area contributed by atoms with Crippen molar-refractivity contribution in [2.75, 3.05) is 0 Å². The lowest BCUT2D eigenvalue weighted by Crippen LogP contribution is -2.22. The van der Waals surface area contributed by atoms with Crippen LogP contribution in [-0.2, 0) is 0 Å². The summed E-state index contributed by atoms with van der Waals surface area (Å²) in [5, 5.41) is 19.0. The van der Waals surface area contributed by atoms with Crippen LogP contribution in [0, 0.1) is 0 Å². The van der Waals surface area contributed by atoms with E-state index in [9.17, 15) is 36.6 Å². The van der Waals surface area contributed by atoms with E-state index in [-0.39, 0.29) is 11.1 Å². The second kappa shape index (κ2) is 6.45. The minimum Gasteiger partial charge on any atom is -0.379 e. The zero-order chi connectivity index (χ0) is 18.1. The van der Waals surface area contributed by atoms with E-state index in [1.54, 1.807) is 0 Å². The number of aliphatic hydroxyl groups is 2. The van der Waals surface area contributed by atoms with Crippen LogP contribution in [0.2, 0.25) is 0 Å². The van der Waals surface area contributed by atoms with Crippen LogP contribution in [0.4, 0.5) is 26.3 Å². The summed E-state index contributed by atoms with van der Waals surface area (Å²) in [6, 6.07) is 9.40. The van der Waals surface area contributed by atoms with Crippen molar-refractivity contribution in [2.24, 2.45) is 0 Å². The molecule has 8 heteroatoms. The molecule has 2 aromatic carbocycles. The highest BCUT2D eigenvalue weighted by atomic mass is 19.4. The number of alkyl halides is 6. The normalized spacial score (nSPS) is 15.2. The number of halogens is 6. The SMILES string of the molecule is O[C@H](c1ccccc1-c1ccccc1[C@@H](O)C(F)(F)F)C(F)(F)F. The van der Waals surface area contributed by atoms with Crippen molar-refractivity contribution < 1.29 is 36.6 Å². The molecule has 0 unspecified atom stereocenters. The summed E-state index contributed by atoms with van der Waals surface area (Å²) in [6.45, 7) is 0. The molecular formula is C16H12F6O2. The van der Waals surface area contributed by atoms with Gasteiger partial charge in [-0.15, -0.1) is 0 Å². The Balaban J connectivity index is 2.63. The van der Waals surface area contributed by atoms with Gasteiger partial charge in [0.2, 0.25) is 0 Å². The summed E-state index contributed by atoms with van der Waals surface area (Å²) < 4.78 is 76.8. The predicted octanol–water partition coefficient (Wildman–Crippen LogP) is 4.55. The van der Waals surface area contributed by atoms with E-state index < -0.39 is 35.7 Å². The number of benzene rings is 2. The molecular weight excluding hydrogens is 338 g/mol. The topological polar surface area (TPSA) is 40.5 Å². The van der Waals surface area contributed by atoms with E-state index in [4.69, 9.17) is 0 Å². The van der Waals surface area contributed by atoms with Crippen molar-refractivity contribution in [3.05, 3.63) is 59.7 Å². The molecule has 0 fully saturated rings. The number of rotatable bonds is 3. The zero-order valence-corrected chi connectivity index (χ0v) is 11.9. The standard InChI is InChI=1S/C16H12F6O2/c17-15(18,19)13(23)11-7-3-1-5-9(11)10-6-2-4-8-12(10)14(24)16(20,21)22/h1-8,13-14,23-24H/t13-,14-/m1/s1. The highest BCUT2D eigenvalue weighted by Crippen LogP contribution is 2.42. The fraction of sp³-hybridized carbons (Fsp3) is 0.250. The molecule has 0 aliphatic rings. The van der Waals surface area contributed by atoms with E-state index in [0.717, 1.165) is 24.3 Å². The highest BCUT2D eigenvalue weighted by Gasteiger charge is 2.42. The fourth-order valence-electron chi connectivity index (χ4n) is 2.31. The van der Waals surface area contributed by atoms with Gasteiger partial charge >= 0.3 is 12.4 Å². The maximum Gasteiger partial charge on any atom is 0.418 e. The van der Waals surface area contributed by atoms with Crippen LogP contribution in [0.1, 0.15) is 23.3 Å². The lowest BCUT2D eigenvalue weighted by Gasteiger charge is -2.22. The van der Waals surface area contributed by atoms with Crippen LogP contribution in [0.25, 0.3) is 11.1 Å². The second-order valence-corrected chi connectivity index (χ2v) is 5.06. The Morgan fingerprint density at radius 3 is 1.17 bits per heavy atom. The van der Waals surface area contributed by atoms with Crippen molar-refractivity contribution in [1.29, 1.82) is 0 Å². The van der Waals surface area contributed by atoms with Crippen LogP contribution in [0.5, 0.6) is 0 Å². The lowest BCUT2D eigenvalue weighted by molar-refractivity contribution is -0.207. The average Bonchev–Trinajstić information content (AvgIpc) is 2.51. The van der Waals surface area contributed by atoms with Crippen LogP contribution in [-0.4, -0.2) is 22.6 Å². The van der Waals surface area contributed by atoms with Crippen molar-refractivity contribution in [3.63, 3.8) is 0 Å². The molecule has 24 heavy (non-hydrogen) atoms. The molecule has 2 N–H and O–H groups in total. The summed E-state index contributed by atoms with van der Waals surface area (Å²) in [6.07, 6.45) is -15.7. The van der Waals surface area contributed by atoms with Gasteiger partial charge in [-0.2, -0.15) is 26.3 Å². The van der Waals surface area contributed by atoms with Crippen LogP contribution >= 0.6 is 0 Å². The minimum atomic E-state index is -4.98. The smallest absolute Gasteiger partial charge is 0.379 e. The highest BCUT2D eigenvalue weighted by molar-refractivity contribution is 5.71. The lowest BCUT2D eigenvalue weighted by atomic mass is 9.90. The molecule has 2 atom stereocenters. The monoisotopic (exact) mass is 350 g/mol. The van der Waals surface area contributed by atoms with Crippen molar-refractivity contribution in [1.82, 2.24) is 0 Å². The van der Waals surface area contributed by atoms with Gasteiger partial charge in [-0.3, -0.25) is 0 Å². The van der Waals surface area contributed by atoms with Crippen molar-refractivity contribution in [3.8, 4) is 11.1 Å². The molecule has 0 spiro atoms. The Bertz CT molecular complexity index is 647. The molecule has 0 saturated carbocycles. The largest absolute Gasteiger partial charge is 0.418 e. The van der Waals surface area contributed by atoms with Crippen LogP contribution in [0.15, 0.2) is 48.5 Å². The molecule has 0 aliphatic heterocycles. The molecule has 0 saturated heterocycles. The Labute approximate surface area is 133 Å². The number of hydrogen-bond acceptors (Lipinski definition) is 2. The third-order valence-electron chi connectivity index (χ3n) is 3.42. The second-order valence-electron chi connectivity index (χ2n) is 5.06. The van der Waals surface area contributed by atoms with Gasteiger partial charge in [0.1, 0.15) is 0 Å². The van der Waals surface area contributed by atoms with E-state index in [1.807, 2.05) is 0 Å². The van der Waals surface area contributed by atoms with E-state index in [0.29, 0.717) is 0 Å². The molecule has 0 aromatic heterocycles. The third kappa shape index (κ3) is 3.70. The van der Waals surface area contributed by atoms with Gasteiger partial charge in [0.25, 0.3) is 0 Å². The van der Waals surface area contributed by atoms with Crippen molar-refractivity contribution in [2.45, 2.75) is 24.6 Å². The maximum absolute atomic E-state index is 12.8. The first-order valence-electron chi connectivity index (χ1n) is 6.71. The number of hydrogen-bond donors (Lipinski definition) is 2. The van der Waals surface area contributed by atoms with E-state index in [2.05, 4.69) is 0 Å². The van der Waals surface area contributed by atoms with Gasteiger partial charge in [0.15, 0.2) is 12.2 Å². The molecule has 0 amide bonds. The minimum absolute atomic E-state index is 0.235. The summed E-state index contributed by atoms with van der Waals surface area (Å²) in [5.41, 5.74) is -1.65. The molecule has 2 rings (SSSR count). The summed E-state index contributed by atoms with van der Waals surface area (Å²) in [4.78, 5) is 0. The van der Waals surface area contributed by atoms with Crippen LogP contribution in [0.3, 0.4) is 0 Å². The Kier molecular flexibility index (Phi) is 4.91. The quantitative estimate of drug-likeness (QED) is 0.798. The first kappa shape index (κ1) is 18.3. The molecule has 130 valence electrons. The van der Waals surface area contributed by atoms with Gasteiger partial charge in [-0.1, -0.05) is 48.5 Å². The Hall–Kier alpha value is -2.06. The van der Waals surface area contributed by atoms with Gasteiger partial charge in [0.05, 0.1) is 0 Å². The first-order chi connectivity index (χ1) is 11.0. The summed E-state index contributed by atoms with van der Waals surface area (Å²) in [7, 11) is 0. The summed E-state index contributed by atoms with van der Waals surface area (Å²) in [5.74, 6) is 0. The van der Waals surface area contributed by atoms with Gasteiger partial charge in [-0.25, -0.2) is 0 Å². The fourth-order valence-corrected chi connectivity index (χ4v) is 2.31. The summed E-state index contributed by atoms with van der Waals surface area (Å²) >= 11 is 0. The van der Waals surface area contributed by atoms with E-state index in [1.165, 1.54) is 24.3 Å². The predicted molar refractivity (Wildman–Crippen MR) is 73.9 cm³/mol. The van der Waals surface area contributed by atoms with Crippen molar-refractivity contribution >= 4 is 0 Å². The molecule has 0 aliphatic carbocycles. The first-order valence-corrected chi connectivity index (χ1v) is 6.71. The Morgan fingerprint density at radius 1 is 0.583 bits per heavy atom. The zero-order valence-electron chi connectivity index (χ0n) is 11.9. The van der Waals surface area contributed by atoms with Crippen LogP contribution < -0.4 is 0 Å². The number of aliphatic hydroxyl groups excluding tert-OH is 2.